The van der Waals surface area contributed by atoms with Gasteiger partial charge in [-0.3, -0.25) is 14.5 Å². The molecule has 2 atom stereocenters. The molecule has 2 fully saturated rings. The van der Waals surface area contributed by atoms with Crippen molar-refractivity contribution in [1.29, 1.82) is 0 Å². The van der Waals surface area contributed by atoms with Crippen LogP contribution in [0.1, 0.15) is 26.7 Å². The van der Waals surface area contributed by atoms with Crippen molar-refractivity contribution >= 4 is 28.8 Å². The first kappa shape index (κ1) is 11.7. The fraction of sp³-hybridized carbons (Fsp3) is 0.538. The molecule has 18 heavy (non-hydrogen) atoms. The Morgan fingerprint density at radius 2 is 2.17 bits per heavy atom. The summed E-state index contributed by atoms with van der Waals surface area (Å²) in [5.74, 6) is 0.258. The molecule has 96 valence electrons. The van der Waals surface area contributed by atoms with Gasteiger partial charge in [0.2, 0.25) is 5.91 Å². The molecule has 1 aromatic rings. The van der Waals surface area contributed by atoms with Gasteiger partial charge in [0, 0.05) is 5.38 Å². The lowest BCUT2D eigenvalue weighted by molar-refractivity contribution is -0.138. The summed E-state index contributed by atoms with van der Waals surface area (Å²) in [5, 5.41) is 6.76. The van der Waals surface area contributed by atoms with Gasteiger partial charge >= 0.3 is 0 Å². The molecule has 1 saturated heterocycles. The van der Waals surface area contributed by atoms with Gasteiger partial charge in [0.05, 0.1) is 5.69 Å². The van der Waals surface area contributed by atoms with Gasteiger partial charge in [0.1, 0.15) is 11.6 Å². The largest absolute Gasteiger partial charge is 0.340 e. The van der Waals surface area contributed by atoms with Crippen LogP contribution in [-0.4, -0.2) is 23.4 Å². The van der Waals surface area contributed by atoms with Gasteiger partial charge in [-0.1, -0.05) is 0 Å². The summed E-state index contributed by atoms with van der Waals surface area (Å²) in [7, 11) is 0. The monoisotopic (exact) mass is 264 g/mol. The summed E-state index contributed by atoms with van der Waals surface area (Å²) in [6.07, 6.45) is 2.04. The number of amides is 2. The van der Waals surface area contributed by atoms with Crippen molar-refractivity contribution in [1.82, 2.24) is 5.32 Å². The second-order valence-electron chi connectivity index (χ2n) is 5.30. The lowest BCUT2D eigenvalue weighted by Gasteiger charge is -2.43. The molecule has 1 aliphatic carbocycles. The number of carbonyl (C=O) groups excluding carboxylic acids is 2. The van der Waals surface area contributed by atoms with Gasteiger partial charge in [-0.25, -0.2) is 0 Å². The zero-order chi connectivity index (χ0) is 12.9. The molecule has 2 heterocycles. The maximum atomic E-state index is 12.7. The van der Waals surface area contributed by atoms with Crippen molar-refractivity contribution < 1.29 is 9.59 Å². The van der Waals surface area contributed by atoms with E-state index in [-0.39, 0.29) is 11.8 Å². The Bertz CT molecular complexity index is 495. The molecule has 2 unspecified atom stereocenters. The molecule has 2 aliphatic rings. The smallest absolute Gasteiger partial charge is 0.253 e. The highest BCUT2D eigenvalue weighted by Crippen LogP contribution is 2.43. The van der Waals surface area contributed by atoms with Crippen LogP contribution < -0.4 is 10.2 Å². The Kier molecular flexibility index (Phi) is 2.48. The minimum absolute atomic E-state index is 0.0236. The van der Waals surface area contributed by atoms with E-state index in [9.17, 15) is 9.59 Å². The SMILES string of the molecule is CC1C(=O)NC(C)(C2CC2)C(=O)N1c1ccsc1. The molecule has 0 radical (unpaired) electrons. The van der Waals surface area contributed by atoms with Crippen LogP contribution in [-0.2, 0) is 9.59 Å². The minimum Gasteiger partial charge on any atom is -0.340 e. The van der Waals surface area contributed by atoms with E-state index in [2.05, 4.69) is 5.32 Å². The number of carbonyl (C=O) groups is 2. The number of hydrogen-bond donors (Lipinski definition) is 1. The summed E-state index contributed by atoms with van der Waals surface area (Å²) in [6, 6.07) is 1.46. The third-order valence-electron chi connectivity index (χ3n) is 3.99. The number of rotatable bonds is 2. The Balaban J connectivity index is 2.00. The number of anilines is 1. The van der Waals surface area contributed by atoms with Gasteiger partial charge in [-0.15, -0.1) is 0 Å². The molecule has 1 aliphatic heterocycles. The summed E-state index contributed by atoms with van der Waals surface area (Å²) in [5.41, 5.74) is 0.116. The lowest BCUT2D eigenvalue weighted by Crippen LogP contribution is -2.69. The standard InChI is InChI=1S/C13H16N2O2S/c1-8-11(16)14-13(2,9-3-4-9)12(17)15(8)10-5-6-18-7-10/h5-9H,3-4H2,1-2H3,(H,14,16). The molecule has 1 aromatic heterocycles. The van der Waals surface area contributed by atoms with E-state index in [1.165, 1.54) is 11.3 Å². The molecule has 0 aromatic carbocycles. The highest BCUT2D eigenvalue weighted by molar-refractivity contribution is 7.08. The Labute approximate surface area is 110 Å². The van der Waals surface area contributed by atoms with Crippen molar-refractivity contribution in [2.24, 2.45) is 5.92 Å². The fourth-order valence-electron chi connectivity index (χ4n) is 2.63. The second kappa shape index (κ2) is 3.82. The van der Waals surface area contributed by atoms with Crippen LogP contribution in [0.15, 0.2) is 16.8 Å². The van der Waals surface area contributed by atoms with Crippen LogP contribution in [0.5, 0.6) is 0 Å². The average molecular weight is 264 g/mol. The van der Waals surface area contributed by atoms with Crippen molar-refractivity contribution in [2.45, 2.75) is 38.3 Å². The van der Waals surface area contributed by atoms with Crippen LogP contribution >= 0.6 is 11.3 Å². The van der Waals surface area contributed by atoms with E-state index < -0.39 is 11.6 Å². The Morgan fingerprint density at radius 1 is 1.44 bits per heavy atom. The number of hydrogen-bond acceptors (Lipinski definition) is 3. The number of piperazine rings is 1. The summed E-state index contributed by atoms with van der Waals surface area (Å²) in [4.78, 5) is 26.4. The number of nitrogens with zero attached hydrogens (tertiary/aromatic N) is 1. The topological polar surface area (TPSA) is 49.4 Å². The quantitative estimate of drug-likeness (QED) is 0.885. The van der Waals surface area contributed by atoms with Crippen LogP contribution in [0.4, 0.5) is 5.69 Å². The van der Waals surface area contributed by atoms with Crippen molar-refractivity contribution in [3.05, 3.63) is 16.8 Å². The van der Waals surface area contributed by atoms with Crippen LogP contribution in [0.3, 0.4) is 0 Å². The van der Waals surface area contributed by atoms with E-state index in [4.69, 9.17) is 0 Å². The summed E-state index contributed by atoms with van der Waals surface area (Å²) in [6.45, 7) is 3.63. The number of nitrogens with one attached hydrogen (secondary N) is 1. The predicted octanol–water partition coefficient (Wildman–Crippen LogP) is 1.77. The molecule has 0 bridgehead atoms. The molecular formula is C13H16N2O2S. The van der Waals surface area contributed by atoms with Crippen LogP contribution in [0.25, 0.3) is 0 Å². The highest BCUT2D eigenvalue weighted by Gasteiger charge is 2.54. The second-order valence-corrected chi connectivity index (χ2v) is 6.08. The molecule has 3 rings (SSSR count). The molecule has 1 saturated carbocycles. The van der Waals surface area contributed by atoms with Crippen molar-refractivity contribution in [3.63, 3.8) is 0 Å². The van der Waals surface area contributed by atoms with E-state index in [1.807, 2.05) is 23.8 Å². The van der Waals surface area contributed by atoms with E-state index in [1.54, 1.807) is 11.8 Å². The van der Waals surface area contributed by atoms with E-state index >= 15 is 0 Å². The van der Waals surface area contributed by atoms with Crippen molar-refractivity contribution in [2.75, 3.05) is 4.90 Å². The summed E-state index contributed by atoms with van der Waals surface area (Å²) < 4.78 is 0. The maximum Gasteiger partial charge on any atom is 0.253 e. The average Bonchev–Trinajstić information content (AvgIpc) is 3.06. The van der Waals surface area contributed by atoms with Crippen molar-refractivity contribution in [3.8, 4) is 0 Å². The molecule has 1 N–H and O–H groups in total. The molecule has 4 nitrogen and oxygen atoms in total. The first-order valence-electron chi connectivity index (χ1n) is 6.22. The normalized spacial score (nSPS) is 32.6. The van der Waals surface area contributed by atoms with Crippen LogP contribution in [0.2, 0.25) is 0 Å². The summed E-state index contributed by atoms with van der Waals surface area (Å²) >= 11 is 1.54. The maximum absolute atomic E-state index is 12.7. The molecule has 2 amide bonds. The zero-order valence-corrected chi connectivity index (χ0v) is 11.3. The van der Waals surface area contributed by atoms with Gasteiger partial charge in [-0.05, 0) is 44.1 Å². The van der Waals surface area contributed by atoms with Gasteiger partial charge in [0.15, 0.2) is 0 Å². The van der Waals surface area contributed by atoms with Crippen LogP contribution in [0, 0.1) is 5.92 Å². The third-order valence-corrected chi connectivity index (χ3v) is 4.66. The lowest BCUT2D eigenvalue weighted by atomic mass is 9.89. The van der Waals surface area contributed by atoms with E-state index in [0.29, 0.717) is 5.92 Å². The molecule has 5 heteroatoms. The van der Waals surface area contributed by atoms with Gasteiger partial charge < -0.3 is 5.32 Å². The highest BCUT2D eigenvalue weighted by atomic mass is 32.1. The molecule has 0 spiro atoms. The first-order chi connectivity index (χ1) is 8.54. The predicted molar refractivity (Wildman–Crippen MR) is 70.5 cm³/mol. The van der Waals surface area contributed by atoms with E-state index in [0.717, 1.165) is 18.5 Å². The first-order valence-corrected chi connectivity index (χ1v) is 7.16. The van der Waals surface area contributed by atoms with Gasteiger partial charge in [0.25, 0.3) is 5.91 Å². The zero-order valence-electron chi connectivity index (χ0n) is 10.5. The Hall–Kier alpha value is -1.36. The number of thiophene rings is 1. The minimum atomic E-state index is -0.717. The fourth-order valence-corrected chi connectivity index (χ4v) is 3.26. The third kappa shape index (κ3) is 1.57. The Morgan fingerprint density at radius 3 is 2.72 bits per heavy atom. The van der Waals surface area contributed by atoms with Gasteiger partial charge in [-0.2, -0.15) is 11.3 Å². The molecular weight excluding hydrogens is 248 g/mol.